The molecule has 4 fully saturated rings. The van der Waals surface area contributed by atoms with Crippen LogP contribution < -0.4 is 5.32 Å². The number of sulfone groups is 1. The monoisotopic (exact) mass is 401 g/mol. The van der Waals surface area contributed by atoms with Gasteiger partial charge in [-0.1, -0.05) is 17.2 Å². The Bertz CT molecular complexity index is 1010. The number of nitrogens with zero attached hydrogens (tertiary/aromatic N) is 2. The SMILES string of the molecule is CS(=O)(=O)c1ccccc1-c1nnc(NC(=O)C23CC4CC(CC(C4)C2)C3)o1. The van der Waals surface area contributed by atoms with E-state index in [2.05, 4.69) is 15.5 Å². The van der Waals surface area contributed by atoms with Gasteiger partial charge in [0.25, 0.3) is 5.89 Å². The van der Waals surface area contributed by atoms with E-state index in [1.165, 1.54) is 25.3 Å². The van der Waals surface area contributed by atoms with E-state index in [9.17, 15) is 13.2 Å². The Hall–Kier alpha value is -2.22. The summed E-state index contributed by atoms with van der Waals surface area (Å²) >= 11 is 0. The summed E-state index contributed by atoms with van der Waals surface area (Å²) in [6.07, 6.45) is 7.77. The first-order valence-electron chi connectivity index (χ1n) is 9.77. The van der Waals surface area contributed by atoms with Crippen LogP contribution in [0.25, 0.3) is 11.5 Å². The van der Waals surface area contributed by atoms with Crippen LogP contribution in [0.4, 0.5) is 6.01 Å². The van der Waals surface area contributed by atoms with Crippen LogP contribution in [-0.4, -0.2) is 30.8 Å². The minimum absolute atomic E-state index is 0.0269. The van der Waals surface area contributed by atoms with Crippen molar-refractivity contribution in [2.75, 3.05) is 11.6 Å². The second kappa shape index (κ2) is 6.14. The van der Waals surface area contributed by atoms with Gasteiger partial charge in [0.05, 0.1) is 15.9 Å². The van der Waals surface area contributed by atoms with E-state index in [0.29, 0.717) is 23.3 Å². The zero-order valence-corrected chi connectivity index (χ0v) is 16.5. The topological polar surface area (TPSA) is 102 Å². The predicted octanol–water partition coefficient (Wildman–Crippen LogP) is 3.30. The Morgan fingerprint density at radius 2 is 1.68 bits per heavy atom. The van der Waals surface area contributed by atoms with Gasteiger partial charge in [0, 0.05) is 6.26 Å². The van der Waals surface area contributed by atoms with Crippen LogP contribution in [-0.2, 0) is 14.6 Å². The van der Waals surface area contributed by atoms with Crippen LogP contribution in [0.15, 0.2) is 33.6 Å². The minimum atomic E-state index is -3.44. The maximum Gasteiger partial charge on any atom is 0.322 e. The van der Waals surface area contributed by atoms with Gasteiger partial charge in [-0.3, -0.25) is 10.1 Å². The molecule has 0 spiro atoms. The third-order valence-corrected chi connectivity index (χ3v) is 7.84. The van der Waals surface area contributed by atoms with Crippen molar-refractivity contribution < 1.29 is 17.6 Å². The van der Waals surface area contributed by atoms with Gasteiger partial charge in [0.1, 0.15) is 0 Å². The molecule has 0 atom stereocenters. The van der Waals surface area contributed by atoms with Gasteiger partial charge < -0.3 is 4.42 Å². The van der Waals surface area contributed by atoms with Crippen LogP contribution in [0.1, 0.15) is 38.5 Å². The number of anilines is 1. The van der Waals surface area contributed by atoms with E-state index in [1.54, 1.807) is 18.2 Å². The van der Waals surface area contributed by atoms with E-state index >= 15 is 0 Å². The molecule has 4 bridgehead atoms. The minimum Gasteiger partial charge on any atom is -0.403 e. The number of aromatic nitrogens is 2. The van der Waals surface area contributed by atoms with E-state index in [4.69, 9.17) is 4.42 Å². The first-order chi connectivity index (χ1) is 13.3. The lowest BCUT2D eigenvalue weighted by Crippen LogP contribution is -2.51. The molecule has 7 nitrogen and oxygen atoms in total. The molecule has 0 aliphatic heterocycles. The number of carbonyl (C=O) groups excluding carboxylic acids is 1. The number of amides is 1. The molecule has 28 heavy (non-hydrogen) atoms. The molecular formula is C20H23N3O4S. The van der Waals surface area contributed by atoms with Crippen molar-refractivity contribution in [3.05, 3.63) is 24.3 Å². The first kappa shape index (κ1) is 17.8. The van der Waals surface area contributed by atoms with Gasteiger partial charge in [-0.05, 0) is 68.4 Å². The highest BCUT2D eigenvalue weighted by molar-refractivity contribution is 7.90. The Morgan fingerprint density at radius 3 is 2.29 bits per heavy atom. The molecule has 1 heterocycles. The molecule has 1 aromatic heterocycles. The standard InChI is InChI=1S/C20H23N3O4S/c1-28(25,26)16-5-3-2-4-15(16)17-22-23-19(27-17)21-18(24)20-9-12-6-13(10-20)8-14(7-12)11-20/h2-5,12-14H,6-11H2,1H3,(H,21,23,24). The van der Waals surface area contributed by atoms with Gasteiger partial charge in [-0.15, -0.1) is 5.10 Å². The molecule has 4 aliphatic rings. The lowest BCUT2D eigenvalue weighted by molar-refractivity contribution is -0.140. The Labute approximate surface area is 163 Å². The number of carbonyl (C=O) groups is 1. The molecule has 8 heteroatoms. The van der Waals surface area contributed by atoms with Crippen molar-refractivity contribution in [2.45, 2.75) is 43.4 Å². The summed E-state index contributed by atoms with van der Waals surface area (Å²) < 4.78 is 29.6. The normalized spacial score (nSPS) is 31.1. The van der Waals surface area contributed by atoms with Crippen LogP contribution in [0.3, 0.4) is 0 Å². The summed E-state index contributed by atoms with van der Waals surface area (Å²) in [6.45, 7) is 0. The summed E-state index contributed by atoms with van der Waals surface area (Å²) in [5.41, 5.74) is 0.0291. The molecule has 148 valence electrons. The summed E-state index contributed by atoms with van der Waals surface area (Å²) in [4.78, 5) is 13.2. The van der Waals surface area contributed by atoms with Crippen LogP contribution >= 0.6 is 0 Å². The Morgan fingerprint density at radius 1 is 1.07 bits per heavy atom. The summed E-state index contributed by atoms with van der Waals surface area (Å²) in [7, 11) is -3.44. The van der Waals surface area contributed by atoms with E-state index in [-0.39, 0.29) is 28.1 Å². The fraction of sp³-hybridized carbons (Fsp3) is 0.550. The molecule has 2 aromatic rings. The molecule has 0 saturated heterocycles. The number of hydrogen-bond acceptors (Lipinski definition) is 6. The molecule has 6 rings (SSSR count). The van der Waals surface area contributed by atoms with Gasteiger partial charge in [-0.25, -0.2) is 8.42 Å². The molecule has 1 amide bonds. The zero-order valence-electron chi connectivity index (χ0n) is 15.7. The number of hydrogen-bond donors (Lipinski definition) is 1. The van der Waals surface area contributed by atoms with Gasteiger partial charge >= 0.3 is 6.01 Å². The highest BCUT2D eigenvalue weighted by atomic mass is 32.2. The molecule has 0 radical (unpaired) electrons. The van der Waals surface area contributed by atoms with Crippen LogP contribution in [0.2, 0.25) is 0 Å². The van der Waals surface area contributed by atoms with Crippen molar-refractivity contribution in [3.63, 3.8) is 0 Å². The predicted molar refractivity (Wildman–Crippen MR) is 102 cm³/mol. The average Bonchev–Trinajstić information content (AvgIpc) is 3.08. The lowest BCUT2D eigenvalue weighted by Gasteiger charge is -2.55. The van der Waals surface area contributed by atoms with Gasteiger partial charge in [0.15, 0.2) is 9.84 Å². The number of nitrogens with one attached hydrogen (secondary N) is 1. The summed E-state index contributed by atoms with van der Waals surface area (Å²) in [5, 5.41) is 10.7. The van der Waals surface area contributed by atoms with Crippen molar-refractivity contribution in [1.82, 2.24) is 10.2 Å². The first-order valence-corrected chi connectivity index (χ1v) is 11.7. The fourth-order valence-corrected chi connectivity index (χ4v) is 6.85. The van der Waals surface area contributed by atoms with Crippen LogP contribution in [0, 0.1) is 23.2 Å². The van der Waals surface area contributed by atoms with E-state index in [0.717, 1.165) is 25.5 Å². The molecule has 1 aromatic carbocycles. The molecule has 1 N–H and O–H groups in total. The van der Waals surface area contributed by atoms with Crippen molar-refractivity contribution >= 4 is 21.8 Å². The van der Waals surface area contributed by atoms with Gasteiger partial charge in [0.2, 0.25) is 5.91 Å². The maximum absolute atomic E-state index is 13.1. The summed E-state index contributed by atoms with van der Waals surface area (Å²) in [6, 6.07) is 6.50. The van der Waals surface area contributed by atoms with Crippen molar-refractivity contribution in [3.8, 4) is 11.5 Å². The average molecular weight is 401 g/mol. The zero-order chi connectivity index (χ0) is 19.5. The fourth-order valence-electron chi connectivity index (χ4n) is 5.97. The largest absolute Gasteiger partial charge is 0.403 e. The summed E-state index contributed by atoms with van der Waals surface area (Å²) in [5.74, 6) is 2.05. The van der Waals surface area contributed by atoms with Crippen molar-refractivity contribution in [2.24, 2.45) is 23.2 Å². The van der Waals surface area contributed by atoms with E-state index in [1.807, 2.05) is 0 Å². The highest BCUT2D eigenvalue weighted by Crippen LogP contribution is 2.60. The maximum atomic E-state index is 13.1. The molecular weight excluding hydrogens is 378 g/mol. The quantitative estimate of drug-likeness (QED) is 0.843. The third-order valence-electron chi connectivity index (χ3n) is 6.68. The van der Waals surface area contributed by atoms with E-state index < -0.39 is 9.84 Å². The molecule has 0 unspecified atom stereocenters. The molecule has 4 aliphatic carbocycles. The molecule has 4 saturated carbocycles. The second-order valence-electron chi connectivity index (χ2n) is 8.83. The highest BCUT2D eigenvalue weighted by Gasteiger charge is 2.54. The Kier molecular flexibility index (Phi) is 3.91. The smallest absolute Gasteiger partial charge is 0.322 e. The van der Waals surface area contributed by atoms with Crippen LogP contribution in [0.5, 0.6) is 0 Å². The van der Waals surface area contributed by atoms with Crippen molar-refractivity contribution in [1.29, 1.82) is 0 Å². The number of benzene rings is 1. The lowest BCUT2D eigenvalue weighted by atomic mass is 9.49. The Balaban J connectivity index is 1.39. The third kappa shape index (κ3) is 2.94. The van der Waals surface area contributed by atoms with Gasteiger partial charge in [-0.2, -0.15) is 0 Å². The second-order valence-corrected chi connectivity index (χ2v) is 10.8. The number of rotatable bonds is 4.